The molecule has 1 saturated carbocycles. The Bertz CT molecular complexity index is 367. The highest BCUT2D eigenvalue weighted by Crippen LogP contribution is 2.38. The van der Waals surface area contributed by atoms with E-state index in [9.17, 15) is 0 Å². The zero-order chi connectivity index (χ0) is 11.7. The molecule has 1 aromatic heterocycles. The van der Waals surface area contributed by atoms with Gasteiger partial charge < -0.3 is 5.73 Å². The topological polar surface area (TPSA) is 38.9 Å². The molecule has 0 spiro atoms. The van der Waals surface area contributed by atoms with E-state index in [1.165, 1.54) is 66.9 Å². The van der Waals surface area contributed by atoms with Gasteiger partial charge in [-0.05, 0) is 38.5 Å². The first-order valence-electron chi connectivity index (χ1n) is 7.06. The highest BCUT2D eigenvalue weighted by molar-refractivity contribution is 7.11. The Morgan fingerprint density at radius 1 is 0.941 bits per heavy atom. The van der Waals surface area contributed by atoms with Gasteiger partial charge in [0.05, 0.1) is 11.2 Å². The molecule has 0 aromatic carbocycles. The highest BCUT2D eigenvalue weighted by atomic mass is 32.1. The summed E-state index contributed by atoms with van der Waals surface area (Å²) in [6, 6.07) is 0. The van der Waals surface area contributed by atoms with Crippen molar-refractivity contribution < 1.29 is 0 Å². The lowest BCUT2D eigenvalue weighted by atomic mass is 9.83. The van der Waals surface area contributed by atoms with E-state index in [0.29, 0.717) is 0 Å². The predicted octanol–water partition coefficient (Wildman–Crippen LogP) is 3.53. The molecule has 2 N–H and O–H groups in total. The SMILES string of the molecule is NC1(c2nc3c(s2)CCCCC3)CCCCC1. The molecule has 0 saturated heterocycles. The Balaban J connectivity index is 1.88. The van der Waals surface area contributed by atoms with Gasteiger partial charge in [-0.1, -0.05) is 25.7 Å². The molecule has 0 atom stereocenters. The summed E-state index contributed by atoms with van der Waals surface area (Å²) in [6.07, 6.45) is 12.6. The lowest BCUT2D eigenvalue weighted by Crippen LogP contribution is -2.38. The van der Waals surface area contributed by atoms with Crippen LogP contribution in [0.3, 0.4) is 0 Å². The molecule has 1 heterocycles. The van der Waals surface area contributed by atoms with E-state index < -0.39 is 0 Å². The molecule has 0 bridgehead atoms. The molecule has 2 nitrogen and oxygen atoms in total. The van der Waals surface area contributed by atoms with Crippen molar-refractivity contribution in [2.45, 2.75) is 69.7 Å². The molecule has 2 aliphatic carbocycles. The van der Waals surface area contributed by atoms with Gasteiger partial charge in [-0.25, -0.2) is 4.98 Å². The molecule has 2 aliphatic rings. The summed E-state index contributed by atoms with van der Waals surface area (Å²) < 4.78 is 0. The van der Waals surface area contributed by atoms with Crippen LogP contribution in [0.1, 0.15) is 66.9 Å². The molecule has 0 radical (unpaired) electrons. The van der Waals surface area contributed by atoms with Crippen LogP contribution in [0.4, 0.5) is 0 Å². The number of aryl methyl sites for hydroxylation is 2. The van der Waals surface area contributed by atoms with Crippen LogP contribution in [0.5, 0.6) is 0 Å². The molecule has 3 heteroatoms. The van der Waals surface area contributed by atoms with E-state index >= 15 is 0 Å². The van der Waals surface area contributed by atoms with Gasteiger partial charge in [-0.15, -0.1) is 11.3 Å². The molecule has 0 amide bonds. The van der Waals surface area contributed by atoms with Gasteiger partial charge in [0, 0.05) is 4.88 Å². The summed E-state index contributed by atoms with van der Waals surface area (Å²) in [5, 5.41) is 1.24. The number of hydrogen-bond donors (Lipinski definition) is 1. The van der Waals surface area contributed by atoms with Gasteiger partial charge in [0.2, 0.25) is 0 Å². The number of rotatable bonds is 1. The summed E-state index contributed by atoms with van der Waals surface area (Å²) in [4.78, 5) is 6.43. The maximum absolute atomic E-state index is 6.58. The maximum Gasteiger partial charge on any atom is 0.113 e. The van der Waals surface area contributed by atoms with Crippen molar-refractivity contribution in [2.75, 3.05) is 0 Å². The van der Waals surface area contributed by atoms with E-state index in [0.717, 1.165) is 12.8 Å². The number of nitrogens with zero attached hydrogens (tertiary/aromatic N) is 1. The van der Waals surface area contributed by atoms with E-state index in [-0.39, 0.29) is 5.54 Å². The number of nitrogens with two attached hydrogens (primary N) is 1. The Morgan fingerprint density at radius 2 is 1.65 bits per heavy atom. The fourth-order valence-corrected chi connectivity index (χ4v) is 4.45. The summed E-state index contributed by atoms with van der Waals surface area (Å²) >= 11 is 1.92. The first-order chi connectivity index (χ1) is 8.28. The summed E-state index contributed by atoms with van der Waals surface area (Å²) in [5.74, 6) is 0. The molecule has 17 heavy (non-hydrogen) atoms. The largest absolute Gasteiger partial charge is 0.319 e. The standard InChI is InChI=1S/C14H22N2S/c15-14(9-5-2-6-10-14)13-16-11-7-3-1-4-8-12(11)17-13/h1-10,15H2. The van der Waals surface area contributed by atoms with Crippen LogP contribution in [-0.2, 0) is 18.4 Å². The monoisotopic (exact) mass is 250 g/mol. The van der Waals surface area contributed by atoms with Crippen molar-refractivity contribution in [3.8, 4) is 0 Å². The van der Waals surface area contributed by atoms with Crippen molar-refractivity contribution >= 4 is 11.3 Å². The van der Waals surface area contributed by atoms with Crippen molar-refractivity contribution in [3.05, 3.63) is 15.6 Å². The minimum absolute atomic E-state index is 0.0882. The molecular weight excluding hydrogens is 228 g/mol. The third-order valence-electron chi connectivity index (χ3n) is 4.27. The quantitative estimate of drug-likeness (QED) is 0.774. The second-order valence-electron chi connectivity index (χ2n) is 5.67. The highest BCUT2D eigenvalue weighted by Gasteiger charge is 2.33. The smallest absolute Gasteiger partial charge is 0.113 e. The average Bonchev–Trinajstić information content (AvgIpc) is 2.63. The van der Waals surface area contributed by atoms with Crippen LogP contribution in [0, 0.1) is 0 Å². The lowest BCUT2D eigenvalue weighted by Gasteiger charge is -2.31. The Morgan fingerprint density at radius 3 is 2.47 bits per heavy atom. The normalized spacial score (nSPS) is 24.1. The molecule has 94 valence electrons. The Kier molecular flexibility index (Phi) is 3.22. The summed E-state index contributed by atoms with van der Waals surface area (Å²) in [7, 11) is 0. The second kappa shape index (κ2) is 4.69. The number of aromatic nitrogens is 1. The van der Waals surface area contributed by atoms with E-state index in [1.54, 1.807) is 0 Å². The molecule has 0 aliphatic heterocycles. The van der Waals surface area contributed by atoms with Crippen molar-refractivity contribution in [2.24, 2.45) is 5.73 Å². The molecule has 1 aromatic rings. The predicted molar refractivity (Wildman–Crippen MR) is 72.3 cm³/mol. The first kappa shape index (κ1) is 11.7. The minimum atomic E-state index is -0.0882. The second-order valence-corrected chi connectivity index (χ2v) is 6.75. The van der Waals surface area contributed by atoms with Gasteiger partial charge in [-0.3, -0.25) is 0 Å². The Hall–Kier alpha value is -0.410. The van der Waals surface area contributed by atoms with Crippen molar-refractivity contribution in [3.63, 3.8) is 0 Å². The fraction of sp³-hybridized carbons (Fsp3) is 0.786. The van der Waals surface area contributed by atoms with Gasteiger partial charge in [0.25, 0.3) is 0 Å². The molecule has 3 rings (SSSR count). The molecular formula is C14H22N2S. The number of thiazole rings is 1. The van der Waals surface area contributed by atoms with E-state index in [1.807, 2.05) is 11.3 Å². The zero-order valence-corrected chi connectivity index (χ0v) is 11.3. The molecule has 1 fully saturated rings. The van der Waals surface area contributed by atoms with Crippen LogP contribution in [-0.4, -0.2) is 4.98 Å². The zero-order valence-electron chi connectivity index (χ0n) is 10.5. The van der Waals surface area contributed by atoms with Gasteiger partial charge >= 0.3 is 0 Å². The molecule has 0 unspecified atom stereocenters. The lowest BCUT2D eigenvalue weighted by molar-refractivity contribution is 0.301. The fourth-order valence-electron chi connectivity index (χ4n) is 3.14. The summed E-state index contributed by atoms with van der Waals surface area (Å²) in [6.45, 7) is 0. The maximum atomic E-state index is 6.58. The van der Waals surface area contributed by atoms with Crippen LogP contribution in [0.2, 0.25) is 0 Å². The van der Waals surface area contributed by atoms with E-state index in [2.05, 4.69) is 0 Å². The van der Waals surface area contributed by atoms with Crippen LogP contribution in [0.25, 0.3) is 0 Å². The number of fused-ring (bicyclic) bond motifs is 1. The van der Waals surface area contributed by atoms with Gasteiger partial charge in [0.1, 0.15) is 5.01 Å². The first-order valence-corrected chi connectivity index (χ1v) is 7.87. The van der Waals surface area contributed by atoms with Crippen molar-refractivity contribution in [1.29, 1.82) is 0 Å². The average molecular weight is 250 g/mol. The Labute approximate surface area is 108 Å². The van der Waals surface area contributed by atoms with Crippen molar-refractivity contribution in [1.82, 2.24) is 4.98 Å². The van der Waals surface area contributed by atoms with Gasteiger partial charge in [0.15, 0.2) is 0 Å². The third kappa shape index (κ3) is 2.27. The van der Waals surface area contributed by atoms with Crippen LogP contribution in [0.15, 0.2) is 0 Å². The third-order valence-corrected chi connectivity index (χ3v) is 5.64. The number of hydrogen-bond acceptors (Lipinski definition) is 3. The van der Waals surface area contributed by atoms with Crippen LogP contribution >= 0.6 is 11.3 Å². The minimum Gasteiger partial charge on any atom is -0.319 e. The van der Waals surface area contributed by atoms with Gasteiger partial charge in [-0.2, -0.15) is 0 Å². The summed E-state index contributed by atoms with van der Waals surface area (Å²) in [5.41, 5.74) is 7.86. The van der Waals surface area contributed by atoms with E-state index in [4.69, 9.17) is 10.7 Å². The van der Waals surface area contributed by atoms with Crippen LogP contribution < -0.4 is 5.73 Å².